The van der Waals surface area contributed by atoms with Crippen LogP contribution in [0.3, 0.4) is 0 Å². The average Bonchev–Trinajstić information content (AvgIpc) is 2.54. The number of carbonyl (C=O) groups is 1. The van der Waals surface area contributed by atoms with Crippen molar-refractivity contribution in [3.8, 4) is 0 Å². The summed E-state index contributed by atoms with van der Waals surface area (Å²) in [6.07, 6.45) is 2.81. The molecule has 0 spiro atoms. The van der Waals surface area contributed by atoms with Crippen LogP contribution in [0.5, 0.6) is 0 Å². The summed E-state index contributed by atoms with van der Waals surface area (Å²) in [6, 6.07) is 1.44. The van der Waals surface area contributed by atoms with Crippen molar-refractivity contribution in [1.82, 2.24) is 14.6 Å². The van der Waals surface area contributed by atoms with Crippen LogP contribution < -0.4 is 11.1 Å². The Bertz CT molecular complexity index is 558. The van der Waals surface area contributed by atoms with Crippen LogP contribution in [0.2, 0.25) is 0 Å². The molecule has 1 aliphatic heterocycles. The Hall–Kier alpha value is -1.67. The summed E-state index contributed by atoms with van der Waals surface area (Å²) in [7, 11) is -3.69. The van der Waals surface area contributed by atoms with Gasteiger partial charge in [0.2, 0.25) is 15.9 Å². The monoisotopic (exact) mass is 270 g/mol. The Morgan fingerprint density at radius 2 is 2.17 bits per heavy atom. The van der Waals surface area contributed by atoms with Crippen LogP contribution >= 0.6 is 0 Å². The van der Waals surface area contributed by atoms with Gasteiger partial charge in [-0.25, -0.2) is 8.42 Å². The van der Waals surface area contributed by atoms with Crippen LogP contribution in [-0.4, -0.2) is 43.2 Å². The molecule has 1 amide bonds. The van der Waals surface area contributed by atoms with E-state index in [0.29, 0.717) is 6.54 Å². The molecule has 2 heterocycles. The van der Waals surface area contributed by atoms with Crippen molar-refractivity contribution < 1.29 is 13.2 Å². The number of aromatic nitrogens is 1. The number of amides is 1. The number of hydrogen-bond acceptors (Lipinski definition) is 5. The molecular weight excluding hydrogens is 256 g/mol. The zero-order chi connectivity index (χ0) is 13.2. The quantitative estimate of drug-likeness (QED) is 0.730. The molecule has 3 N–H and O–H groups in total. The second kappa shape index (κ2) is 4.91. The van der Waals surface area contributed by atoms with Crippen molar-refractivity contribution in [2.45, 2.75) is 11.3 Å². The number of carbonyl (C=O) groups excluding carboxylic acids is 1. The molecule has 1 aliphatic rings. The maximum absolute atomic E-state index is 12.3. The number of rotatable bonds is 2. The highest BCUT2D eigenvalue weighted by Crippen LogP contribution is 2.21. The lowest BCUT2D eigenvalue weighted by molar-refractivity contribution is -0.120. The second-order valence-electron chi connectivity index (χ2n) is 3.92. The summed E-state index contributed by atoms with van der Waals surface area (Å²) in [5, 5.41) is 2.62. The van der Waals surface area contributed by atoms with E-state index in [1.54, 1.807) is 0 Å². The van der Waals surface area contributed by atoms with Gasteiger partial charge >= 0.3 is 0 Å². The Balaban J connectivity index is 2.31. The van der Waals surface area contributed by atoms with Gasteiger partial charge in [-0.05, 0) is 6.07 Å². The molecule has 8 heteroatoms. The molecule has 98 valence electrons. The molecule has 0 atom stereocenters. The van der Waals surface area contributed by atoms with Crippen molar-refractivity contribution in [3.63, 3.8) is 0 Å². The van der Waals surface area contributed by atoms with Crippen LogP contribution in [0.1, 0.15) is 6.42 Å². The molecule has 0 radical (unpaired) electrons. The summed E-state index contributed by atoms with van der Waals surface area (Å²) < 4.78 is 25.9. The van der Waals surface area contributed by atoms with Gasteiger partial charge in [-0.3, -0.25) is 9.78 Å². The summed E-state index contributed by atoms with van der Waals surface area (Å²) >= 11 is 0. The second-order valence-corrected chi connectivity index (χ2v) is 5.82. The molecule has 0 saturated carbocycles. The Kier molecular flexibility index (Phi) is 3.48. The molecule has 0 aliphatic carbocycles. The van der Waals surface area contributed by atoms with E-state index in [9.17, 15) is 13.2 Å². The number of pyridine rings is 1. The largest absolute Gasteiger partial charge is 0.398 e. The van der Waals surface area contributed by atoms with Crippen LogP contribution in [0.4, 0.5) is 5.69 Å². The van der Waals surface area contributed by atoms with Crippen molar-refractivity contribution >= 4 is 21.6 Å². The normalized spacial score (nSPS) is 18.1. The van der Waals surface area contributed by atoms with E-state index in [2.05, 4.69) is 10.3 Å². The third-order valence-electron chi connectivity index (χ3n) is 2.71. The molecule has 0 aromatic carbocycles. The zero-order valence-electron chi connectivity index (χ0n) is 9.67. The van der Waals surface area contributed by atoms with Crippen LogP contribution in [0.25, 0.3) is 0 Å². The number of nitrogens with zero attached hydrogens (tertiary/aromatic N) is 2. The van der Waals surface area contributed by atoms with Gasteiger partial charge in [-0.2, -0.15) is 4.31 Å². The van der Waals surface area contributed by atoms with E-state index in [0.717, 1.165) is 0 Å². The van der Waals surface area contributed by atoms with Crippen LogP contribution in [-0.2, 0) is 14.8 Å². The standard InChI is InChI=1S/C10H14N4O3S/c11-8-1-3-12-7-9(8)18(16,17)14-5-2-10(15)13-4-6-14/h1,3,7H,2,4-6H2,(H2,11,12)(H,13,15). The highest BCUT2D eigenvalue weighted by Gasteiger charge is 2.28. The van der Waals surface area contributed by atoms with Crippen molar-refractivity contribution in [2.24, 2.45) is 0 Å². The average molecular weight is 270 g/mol. The fraction of sp³-hybridized carbons (Fsp3) is 0.400. The van der Waals surface area contributed by atoms with Crippen molar-refractivity contribution in [1.29, 1.82) is 0 Å². The zero-order valence-corrected chi connectivity index (χ0v) is 10.5. The number of anilines is 1. The number of nitrogens with one attached hydrogen (secondary N) is 1. The maximum Gasteiger partial charge on any atom is 0.246 e. The predicted molar refractivity (Wildman–Crippen MR) is 65.0 cm³/mol. The van der Waals surface area contributed by atoms with Crippen LogP contribution in [0.15, 0.2) is 23.4 Å². The highest BCUT2D eigenvalue weighted by molar-refractivity contribution is 7.89. The van der Waals surface area contributed by atoms with Gasteiger partial charge in [0, 0.05) is 38.4 Å². The van der Waals surface area contributed by atoms with E-state index >= 15 is 0 Å². The molecule has 18 heavy (non-hydrogen) atoms. The minimum Gasteiger partial charge on any atom is -0.398 e. The SMILES string of the molecule is Nc1ccncc1S(=O)(=O)N1CCNC(=O)CC1. The molecule has 7 nitrogen and oxygen atoms in total. The summed E-state index contributed by atoms with van der Waals surface area (Å²) in [5.41, 5.74) is 5.81. The van der Waals surface area contributed by atoms with E-state index in [1.165, 1.54) is 22.8 Å². The third kappa shape index (κ3) is 2.44. The first kappa shape index (κ1) is 12.8. The lowest BCUT2D eigenvalue weighted by atomic mass is 10.4. The Labute approximate surface area is 105 Å². The minimum absolute atomic E-state index is 0.0145. The number of hydrogen-bond donors (Lipinski definition) is 2. The van der Waals surface area contributed by atoms with Gasteiger partial charge in [-0.1, -0.05) is 0 Å². The van der Waals surface area contributed by atoms with Gasteiger partial charge in [-0.15, -0.1) is 0 Å². The first-order valence-corrected chi connectivity index (χ1v) is 6.92. The van der Waals surface area contributed by atoms with Gasteiger partial charge in [0.25, 0.3) is 0 Å². The van der Waals surface area contributed by atoms with E-state index in [4.69, 9.17) is 5.73 Å². The molecule has 1 saturated heterocycles. The fourth-order valence-electron chi connectivity index (χ4n) is 1.73. The van der Waals surface area contributed by atoms with Gasteiger partial charge in [0.05, 0.1) is 5.69 Å². The number of nitrogen functional groups attached to an aromatic ring is 1. The summed E-state index contributed by atoms with van der Waals surface area (Å²) in [4.78, 5) is 15.0. The third-order valence-corrected chi connectivity index (χ3v) is 4.65. The molecule has 1 aromatic heterocycles. The minimum atomic E-state index is -3.69. The van der Waals surface area contributed by atoms with E-state index in [1.807, 2.05) is 0 Å². The first-order valence-electron chi connectivity index (χ1n) is 5.48. The molecule has 1 fully saturated rings. The van der Waals surface area contributed by atoms with Crippen LogP contribution in [0, 0.1) is 0 Å². The first-order chi connectivity index (χ1) is 8.51. The van der Waals surface area contributed by atoms with Gasteiger partial charge < -0.3 is 11.1 Å². The number of sulfonamides is 1. The van der Waals surface area contributed by atoms with Crippen molar-refractivity contribution in [3.05, 3.63) is 18.5 Å². The molecule has 0 unspecified atom stereocenters. The van der Waals surface area contributed by atoms with Crippen molar-refractivity contribution in [2.75, 3.05) is 25.4 Å². The van der Waals surface area contributed by atoms with E-state index in [-0.39, 0.29) is 36.0 Å². The number of nitrogens with two attached hydrogens (primary N) is 1. The maximum atomic E-state index is 12.3. The lowest BCUT2D eigenvalue weighted by Crippen LogP contribution is -2.34. The summed E-state index contributed by atoms with van der Waals surface area (Å²) in [6.45, 7) is 0.698. The van der Waals surface area contributed by atoms with Gasteiger partial charge in [0.15, 0.2) is 0 Å². The Morgan fingerprint density at radius 3 is 2.89 bits per heavy atom. The smallest absolute Gasteiger partial charge is 0.246 e. The highest BCUT2D eigenvalue weighted by atomic mass is 32.2. The predicted octanol–water partition coefficient (Wildman–Crippen LogP) is -0.826. The summed E-state index contributed by atoms with van der Waals surface area (Å²) in [5.74, 6) is -0.146. The Morgan fingerprint density at radius 1 is 1.39 bits per heavy atom. The molecule has 0 bridgehead atoms. The molecule has 1 aromatic rings. The van der Waals surface area contributed by atoms with E-state index < -0.39 is 10.0 Å². The fourth-order valence-corrected chi connectivity index (χ4v) is 3.23. The molecule has 2 rings (SSSR count). The molecular formula is C10H14N4O3S. The topological polar surface area (TPSA) is 105 Å². The lowest BCUT2D eigenvalue weighted by Gasteiger charge is -2.19. The van der Waals surface area contributed by atoms with Gasteiger partial charge in [0.1, 0.15) is 4.90 Å².